The molecular weight excluding hydrogens is 383 g/mol. The number of hydrogen-bond donors (Lipinski definition) is 1. The summed E-state index contributed by atoms with van der Waals surface area (Å²) in [4.78, 5) is 0. The molecular formula is C18H15FN6O2S. The Labute approximate surface area is 163 Å². The molecule has 2 aromatic carbocycles. The highest BCUT2D eigenvalue weighted by Crippen LogP contribution is 2.23. The molecule has 4 aromatic rings. The number of benzene rings is 2. The molecule has 0 aliphatic carbocycles. The molecule has 4 rings (SSSR count). The molecule has 0 bridgehead atoms. The SMILES string of the molecule is Nn1c(COc2ccccc2F)nnc1SCc1nnc(-c2ccccc2)o1. The van der Waals surface area contributed by atoms with E-state index < -0.39 is 5.82 Å². The second-order valence-corrected chi connectivity index (χ2v) is 6.59. The maximum atomic E-state index is 13.6. The number of thioether (sulfide) groups is 1. The van der Waals surface area contributed by atoms with Crippen LogP contribution in [0.1, 0.15) is 11.7 Å². The normalized spacial score (nSPS) is 10.9. The van der Waals surface area contributed by atoms with Crippen LogP contribution in [0.3, 0.4) is 0 Å². The van der Waals surface area contributed by atoms with Crippen molar-refractivity contribution in [2.75, 3.05) is 5.84 Å². The standard InChI is InChI=1S/C18H15FN6O2S/c19-13-8-4-5-9-14(13)26-10-15-21-24-18(25(15)20)28-11-16-22-23-17(27-16)12-6-2-1-3-7-12/h1-9H,10-11,20H2. The summed E-state index contributed by atoms with van der Waals surface area (Å²) in [6.45, 7) is -0.0102. The van der Waals surface area contributed by atoms with Gasteiger partial charge in [-0.05, 0) is 24.3 Å². The predicted molar refractivity (Wildman–Crippen MR) is 100 cm³/mol. The van der Waals surface area contributed by atoms with Gasteiger partial charge in [0.25, 0.3) is 0 Å². The van der Waals surface area contributed by atoms with Gasteiger partial charge in [0.1, 0.15) is 6.61 Å². The first-order chi connectivity index (χ1) is 13.7. The Bertz CT molecular complexity index is 1070. The van der Waals surface area contributed by atoms with Crippen LogP contribution in [-0.2, 0) is 12.4 Å². The largest absolute Gasteiger partial charge is 0.482 e. The van der Waals surface area contributed by atoms with Crippen LogP contribution in [0.5, 0.6) is 5.75 Å². The first kappa shape index (κ1) is 18.0. The summed E-state index contributed by atoms with van der Waals surface area (Å²) in [6.07, 6.45) is 0. The molecule has 0 unspecified atom stereocenters. The van der Waals surface area contributed by atoms with Crippen LogP contribution in [0.2, 0.25) is 0 Å². The Morgan fingerprint density at radius 1 is 1.00 bits per heavy atom. The summed E-state index contributed by atoms with van der Waals surface area (Å²) in [7, 11) is 0. The fourth-order valence-corrected chi connectivity index (χ4v) is 3.06. The molecule has 0 atom stereocenters. The fraction of sp³-hybridized carbons (Fsp3) is 0.111. The van der Waals surface area contributed by atoms with Gasteiger partial charge in [0.05, 0.1) is 5.75 Å². The molecule has 0 fully saturated rings. The fourth-order valence-electron chi connectivity index (χ4n) is 2.34. The topological polar surface area (TPSA) is 105 Å². The number of nitrogens with two attached hydrogens (primary N) is 1. The first-order valence-corrected chi connectivity index (χ1v) is 9.26. The summed E-state index contributed by atoms with van der Waals surface area (Å²) in [5.74, 6) is 7.30. The van der Waals surface area contributed by atoms with Crippen molar-refractivity contribution in [1.82, 2.24) is 25.1 Å². The third-order valence-electron chi connectivity index (χ3n) is 3.74. The number of ether oxygens (including phenoxy) is 1. The lowest BCUT2D eigenvalue weighted by molar-refractivity contribution is 0.277. The summed E-state index contributed by atoms with van der Waals surface area (Å²) in [6, 6.07) is 15.6. The van der Waals surface area contributed by atoms with Crippen LogP contribution in [0.25, 0.3) is 11.5 Å². The van der Waals surface area contributed by atoms with Gasteiger partial charge in [0, 0.05) is 5.56 Å². The van der Waals surface area contributed by atoms with Gasteiger partial charge in [-0.25, -0.2) is 9.07 Å². The molecule has 0 radical (unpaired) electrons. The van der Waals surface area contributed by atoms with E-state index in [1.807, 2.05) is 30.3 Å². The lowest BCUT2D eigenvalue weighted by atomic mass is 10.2. The number of aromatic nitrogens is 5. The van der Waals surface area contributed by atoms with E-state index in [4.69, 9.17) is 15.0 Å². The molecule has 28 heavy (non-hydrogen) atoms. The lowest BCUT2D eigenvalue weighted by Gasteiger charge is -2.06. The molecule has 2 aromatic heterocycles. The zero-order chi connectivity index (χ0) is 19.3. The minimum atomic E-state index is -0.453. The number of rotatable bonds is 7. The molecule has 8 nitrogen and oxygen atoms in total. The minimum absolute atomic E-state index is 0.0102. The van der Waals surface area contributed by atoms with E-state index in [2.05, 4.69) is 20.4 Å². The number of halogens is 1. The summed E-state index contributed by atoms with van der Waals surface area (Å²) >= 11 is 1.29. The lowest BCUT2D eigenvalue weighted by Crippen LogP contribution is -2.16. The van der Waals surface area contributed by atoms with E-state index >= 15 is 0 Å². The van der Waals surface area contributed by atoms with Crippen molar-refractivity contribution in [2.24, 2.45) is 0 Å². The molecule has 2 heterocycles. The third-order valence-corrected chi connectivity index (χ3v) is 4.67. The van der Waals surface area contributed by atoms with E-state index in [0.717, 1.165) is 5.56 Å². The molecule has 0 amide bonds. The Morgan fingerprint density at radius 2 is 1.79 bits per heavy atom. The zero-order valence-corrected chi connectivity index (χ0v) is 15.3. The Balaban J connectivity index is 1.37. The van der Waals surface area contributed by atoms with E-state index in [1.54, 1.807) is 12.1 Å². The Kier molecular flexibility index (Phi) is 5.20. The highest BCUT2D eigenvalue weighted by Gasteiger charge is 2.14. The summed E-state index contributed by atoms with van der Waals surface area (Å²) in [5, 5.41) is 16.5. The monoisotopic (exact) mass is 398 g/mol. The number of nitrogen functional groups attached to an aromatic ring is 1. The Morgan fingerprint density at radius 3 is 2.61 bits per heavy atom. The maximum absolute atomic E-state index is 13.6. The second-order valence-electron chi connectivity index (χ2n) is 5.64. The summed E-state index contributed by atoms with van der Waals surface area (Å²) < 4.78 is 25.9. The van der Waals surface area contributed by atoms with Crippen LogP contribution < -0.4 is 10.6 Å². The van der Waals surface area contributed by atoms with Gasteiger partial charge < -0.3 is 15.0 Å². The molecule has 0 saturated heterocycles. The van der Waals surface area contributed by atoms with Crippen LogP contribution >= 0.6 is 11.8 Å². The molecule has 142 valence electrons. The van der Waals surface area contributed by atoms with Crippen LogP contribution in [0, 0.1) is 5.82 Å². The van der Waals surface area contributed by atoms with Gasteiger partial charge in [-0.2, -0.15) is 0 Å². The smallest absolute Gasteiger partial charge is 0.247 e. The maximum Gasteiger partial charge on any atom is 0.247 e. The van der Waals surface area contributed by atoms with Crippen molar-refractivity contribution in [3.8, 4) is 17.2 Å². The molecule has 10 heteroatoms. The van der Waals surface area contributed by atoms with Crippen molar-refractivity contribution in [1.29, 1.82) is 0 Å². The van der Waals surface area contributed by atoms with Crippen molar-refractivity contribution >= 4 is 11.8 Å². The first-order valence-electron chi connectivity index (χ1n) is 8.28. The quantitative estimate of drug-likeness (QED) is 0.374. The van der Waals surface area contributed by atoms with Gasteiger partial charge in [-0.15, -0.1) is 20.4 Å². The molecule has 0 aliphatic heterocycles. The second kappa shape index (κ2) is 8.09. The summed E-state index contributed by atoms with van der Waals surface area (Å²) in [5.41, 5.74) is 0.848. The predicted octanol–water partition coefficient (Wildman–Crippen LogP) is 3.05. The molecule has 0 saturated carbocycles. The molecule has 0 spiro atoms. The average Bonchev–Trinajstić information content (AvgIpc) is 3.33. The molecule has 0 aliphatic rings. The van der Waals surface area contributed by atoms with E-state index in [-0.39, 0.29) is 12.4 Å². The van der Waals surface area contributed by atoms with Crippen LogP contribution in [0.4, 0.5) is 4.39 Å². The highest BCUT2D eigenvalue weighted by molar-refractivity contribution is 7.98. The van der Waals surface area contributed by atoms with Gasteiger partial charge in [-0.3, -0.25) is 0 Å². The average molecular weight is 398 g/mol. The van der Waals surface area contributed by atoms with Gasteiger partial charge in [-0.1, -0.05) is 42.1 Å². The number of hydrogen-bond acceptors (Lipinski definition) is 8. The number of para-hydroxylation sites is 1. The van der Waals surface area contributed by atoms with Crippen molar-refractivity contribution < 1.29 is 13.5 Å². The Hall–Kier alpha value is -3.40. The highest BCUT2D eigenvalue weighted by atomic mass is 32.2. The zero-order valence-electron chi connectivity index (χ0n) is 14.5. The van der Waals surface area contributed by atoms with Crippen molar-refractivity contribution in [3.63, 3.8) is 0 Å². The van der Waals surface area contributed by atoms with Crippen LogP contribution in [-0.4, -0.2) is 25.1 Å². The van der Waals surface area contributed by atoms with Gasteiger partial charge >= 0.3 is 0 Å². The van der Waals surface area contributed by atoms with Crippen LogP contribution in [0.15, 0.2) is 64.2 Å². The van der Waals surface area contributed by atoms with Crippen molar-refractivity contribution in [2.45, 2.75) is 17.5 Å². The molecule has 2 N–H and O–H groups in total. The number of nitrogens with zero attached hydrogens (tertiary/aromatic N) is 5. The van der Waals surface area contributed by atoms with Gasteiger partial charge in [0.2, 0.25) is 16.9 Å². The van der Waals surface area contributed by atoms with Gasteiger partial charge in [0.15, 0.2) is 17.4 Å². The van der Waals surface area contributed by atoms with E-state index in [9.17, 15) is 4.39 Å². The van der Waals surface area contributed by atoms with E-state index in [1.165, 1.54) is 28.6 Å². The minimum Gasteiger partial charge on any atom is -0.482 e. The van der Waals surface area contributed by atoms with E-state index in [0.29, 0.717) is 28.5 Å². The van der Waals surface area contributed by atoms with Crippen molar-refractivity contribution in [3.05, 3.63) is 72.1 Å². The third kappa shape index (κ3) is 3.96.